The average molecular weight is 259 g/mol. The van der Waals surface area contributed by atoms with Gasteiger partial charge in [-0.3, -0.25) is 4.79 Å². The number of carbonyl (C=O) groups excluding carboxylic acids is 1. The Bertz CT molecular complexity index is 197. The topological polar surface area (TPSA) is 58.6 Å². The van der Waals surface area contributed by atoms with Gasteiger partial charge in [0.05, 0.1) is 12.6 Å². The van der Waals surface area contributed by atoms with E-state index in [1.165, 1.54) is 32.1 Å². The maximum Gasteiger partial charge on any atom is 0.324 e. The highest BCUT2D eigenvalue weighted by atomic mass is 16.7. The van der Waals surface area contributed by atoms with Gasteiger partial charge in [-0.25, -0.2) is 0 Å². The number of hydrogen-bond donors (Lipinski definition) is 2. The zero-order valence-electron chi connectivity index (χ0n) is 11.9. The standard InChI is InChI=1S/C14H29NO3/c1-3-5-6-7-8-9-11-13(16)12-15-18-14(17)10-4-2/h13,15-16H,3-12H2,1-2H3. The molecule has 0 aromatic carbocycles. The van der Waals surface area contributed by atoms with Gasteiger partial charge in [0.15, 0.2) is 0 Å². The zero-order chi connectivity index (χ0) is 13.6. The lowest BCUT2D eigenvalue weighted by Crippen LogP contribution is -2.29. The molecule has 0 aliphatic carbocycles. The van der Waals surface area contributed by atoms with Crippen molar-refractivity contribution in [3.63, 3.8) is 0 Å². The summed E-state index contributed by atoms with van der Waals surface area (Å²) in [7, 11) is 0. The Morgan fingerprint density at radius 3 is 2.44 bits per heavy atom. The van der Waals surface area contributed by atoms with Gasteiger partial charge in [0.2, 0.25) is 0 Å². The third-order valence-electron chi connectivity index (χ3n) is 2.85. The molecule has 0 saturated carbocycles. The molecule has 0 rings (SSSR count). The van der Waals surface area contributed by atoms with Crippen LogP contribution in [0.15, 0.2) is 0 Å². The van der Waals surface area contributed by atoms with Crippen LogP contribution in [0.5, 0.6) is 0 Å². The van der Waals surface area contributed by atoms with Gasteiger partial charge in [-0.15, -0.1) is 0 Å². The van der Waals surface area contributed by atoms with Crippen LogP contribution < -0.4 is 5.48 Å². The molecule has 0 radical (unpaired) electrons. The van der Waals surface area contributed by atoms with Crippen LogP contribution in [-0.4, -0.2) is 23.7 Å². The van der Waals surface area contributed by atoms with Gasteiger partial charge >= 0.3 is 5.97 Å². The normalized spacial score (nSPS) is 12.4. The summed E-state index contributed by atoms with van der Waals surface area (Å²) in [5.41, 5.74) is 2.53. The van der Waals surface area contributed by atoms with E-state index in [9.17, 15) is 9.90 Å². The highest BCUT2D eigenvalue weighted by molar-refractivity contribution is 5.68. The minimum Gasteiger partial charge on any atom is -0.392 e. The van der Waals surface area contributed by atoms with Gasteiger partial charge in [0, 0.05) is 6.42 Å². The molecule has 108 valence electrons. The summed E-state index contributed by atoms with van der Waals surface area (Å²) in [6.45, 7) is 4.45. The molecule has 4 heteroatoms. The summed E-state index contributed by atoms with van der Waals surface area (Å²) < 4.78 is 0. The number of hydrogen-bond acceptors (Lipinski definition) is 4. The largest absolute Gasteiger partial charge is 0.392 e. The molecule has 0 aliphatic heterocycles. The van der Waals surface area contributed by atoms with E-state index in [2.05, 4.69) is 12.4 Å². The van der Waals surface area contributed by atoms with Crippen molar-refractivity contribution in [2.45, 2.75) is 77.7 Å². The van der Waals surface area contributed by atoms with Gasteiger partial charge in [-0.2, -0.15) is 5.48 Å². The van der Waals surface area contributed by atoms with E-state index in [4.69, 9.17) is 4.84 Å². The predicted molar refractivity (Wildman–Crippen MR) is 73.0 cm³/mol. The minimum absolute atomic E-state index is 0.260. The molecular formula is C14H29NO3. The first-order chi connectivity index (χ1) is 8.70. The monoisotopic (exact) mass is 259 g/mol. The lowest BCUT2D eigenvalue weighted by molar-refractivity contribution is -0.152. The SMILES string of the molecule is CCCCCCCCC(O)CNOC(=O)CCC. The number of aliphatic hydroxyl groups excluding tert-OH is 1. The third-order valence-corrected chi connectivity index (χ3v) is 2.85. The molecule has 0 bridgehead atoms. The highest BCUT2D eigenvalue weighted by Crippen LogP contribution is 2.08. The number of carbonyl (C=O) groups is 1. The smallest absolute Gasteiger partial charge is 0.324 e. The number of unbranched alkanes of at least 4 members (excludes halogenated alkanes) is 5. The Morgan fingerprint density at radius 2 is 1.78 bits per heavy atom. The lowest BCUT2D eigenvalue weighted by Gasteiger charge is -2.11. The summed E-state index contributed by atoms with van der Waals surface area (Å²) in [4.78, 5) is 15.8. The van der Waals surface area contributed by atoms with E-state index >= 15 is 0 Å². The molecule has 18 heavy (non-hydrogen) atoms. The lowest BCUT2D eigenvalue weighted by atomic mass is 10.1. The van der Waals surface area contributed by atoms with Crippen LogP contribution in [0.4, 0.5) is 0 Å². The van der Waals surface area contributed by atoms with Crippen molar-refractivity contribution < 1.29 is 14.7 Å². The summed E-state index contributed by atoms with van der Waals surface area (Å²) >= 11 is 0. The van der Waals surface area contributed by atoms with Crippen molar-refractivity contribution in [2.75, 3.05) is 6.54 Å². The summed E-state index contributed by atoms with van der Waals surface area (Å²) in [5.74, 6) is -0.260. The molecule has 0 fully saturated rings. The van der Waals surface area contributed by atoms with E-state index in [1.807, 2.05) is 6.92 Å². The average Bonchev–Trinajstić information content (AvgIpc) is 2.34. The Hall–Kier alpha value is -0.610. The minimum atomic E-state index is -0.425. The van der Waals surface area contributed by atoms with Gasteiger partial charge in [0.1, 0.15) is 0 Å². The molecule has 0 spiro atoms. The summed E-state index contributed by atoms with van der Waals surface area (Å²) in [6, 6.07) is 0. The fourth-order valence-electron chi connectivity index (χ4n) is 1.74. The fourth-order valence-corrected chi connectivity index (χ4v) is 1.74. The Kier molecular flexibility index (Phi) is 12.4. The molecule has 0 amide bonds. The first kappa shape index (κ1) is 17.4. The van der Waals surface area contributed by atoms with Crippen molar-refractivity contribution in [3.05, 3.63) is 0 Å². The molecule has 0 saturated heterocycles. The van der Waals surface area contributed by atoms with Crippen molar-refractivity contribution in [1.82, 2.24) is 5.48 Å². The third kappa shape index (κ3) is 11.9. The van der Waals surface area contributed by atoms with Gasteiger partial charge in [-0.05, 0) is 12.8 Å². The Balaban J connectivity index is 3.27. The first-order valence-electron chi connectivity index (χ1n) is 7.31. The molecular weight excluding hydrogens is 230 g/mol. The number of nitrogens with one attached hydrogen (secondary N) is 1. The van der Waals surface area contributed by atoms with Gasteiger partial charge in [-0.1, -0.05) is 52.4 Å². The second-order valence-electron chi connectivity index (χ2n) is 4.78. The summed E-state index contributed by atoms with van der Waals surface area (Å²) in [6.07, 6.45) is 8.85. The van der Waals surface area contributed by atoms with Gasteiger partial charge < -0.3 is 9.94 Å². The molecule has 0 heterocycles. The van der Waals surface area contributed by atoms with Crippen LogP contribution in [0.3, 0.4) is 0 Å². The fraction of sp³-hybridized carbons (Fsp3) is 0.929. The van der Waals surface area contributed by atoms with Gasteiger partial charge in [0.25, 0.3) is 0 Å². The second-order valence-corrected chi connectivity index (χ2v) is 4.78. The van der Waals surface area contributed by atoms with E-state index in [0.717, 1.165) is 19.3 Å². The van der Waals surface area contributed by atoms with Crippen LogP contribution >= 0.6 is 0 Å². The maximum absolute atomic E-state index is 11.0. The van der Waals surface area contributed by atoms with E-state index in [0.29, 0.717) is 13.0 Å². The number of hydroxylamine groups is 1. The van der Waals surface area contributed by atoms with Crippen LogP contribution in [-0.2, 0) is 9.63 Å². The molecule has 1 unspecified atom stereocenters. The van der Waals surface area contributed by atoms with Crippen molar-refractivity contribution in [3.8, 4) is 0 Å². The van der Waals surface area contributed by atoms with Crippen LogP contribution in [0, 0.1) is 0 Å². The van der Waals surface area contributed by atoms with E-state index < -0.39 is 6.10 Å². The molecule has 0 aliphatic rings. The quantitative estimate of drug-likeness (QED) is 0.418. The van der Waals surface area contributed by atoms with Crippen molar-refractivity contribution in [1.29, 1.82) is 0 Å². The number of aliphatic hydroxyl groups is 1. The maximum atomic E-state index is 11.0. The highest BCUT2D eigenvalue weighted by Gasteiger charge is 2.05. The molecule has 1 atom stereocenters. The van der Waals surface area contributed by atoms with Crippen molar-refractivity contribution in [2.24, 2.45) is 0 Å². The van der Waals surface area contributed by atoms with E-state index in [-0.39, 0.29) is 5.97 Å². The first-order valence-corrected chi connectivity index (χ1v) is 7.31. The number of rotatable bonds is 12. The van der Waals surface area contributed by atoms with Crippen molar-refractivity contribution >= 4 is 5.97 Å². The predicted octanol–water partition coefficient (Wildman–Crippen LogP) is 2.95. The molecule has 2 N–H and O–H groups in total. The summed E-state index contributed by atoms with van der Waals surface area (Å²) in [5, 5.41) is 9.64. The molecule has 0 aromatic heterocycles. The Morgan fingerprint density at radius 1 is 1.11 bits per heavy atom. The van der Waals surface area contributed by atoms with E-state index in [1.54, 1.807) is 0 Å². The molecule has 0 aromatic rings. The molecule has 4 nitrogen and oxygen atoms in total. The second kappa shape index (κ2) is 12.8. The van der Waals surface area contributed by atoms with Crippen LogP contribution in [0.1, 0.15) is 71.6 Å². The van der Waals surface area contributed by atoms with Crippen LogP contribution in [0.25, 0.3) is 0 Å². The van der Waals surface area contributed by atoms with Crippen LogP contribution in [0.2, 0.25) is 0 Å². The Labute approximate surface area is 111 Å². The zero-order valence-corrected chi connectivity index (χ0v) is 11.9.